The SMILES string of the molecule is Cc1ccc(C(=O)N2CCN(c3cc(N(C)C)nc(C)n3)CC2)cc1. The lowest BCUT2D eigenvalue weighted by Crippen LogP contribution is -2.49. The Morgan fingerprint density at radius 1 is 1.00 bits per heavy atom. The number of aromatic nitrogens is 2. The largest absolute Gasteiger partial charge is 0.363 e. The van der Waals surface area contributed by atoms with E-state index in [9.17, 15) is 4.79 Å². The molecule has 2 aromatic rings. The first-order chi connectivity index (χ1) is 11.9. The molecule has 0 N–H and O–H groups in total. The van der Waals surface area contributed by atoms with Crippen molar-refractivity contribution in [3.05, 3.63) is 47.3 Å². The maximum Gasteiger partial charge on any atom is 0.253 e. The Balaban J connectivity index is 1.67. The van der Waals surface area contributed by atoms with Gasteiger partial charge in [0.05, 0.1) is 0 Å². The molecule has 1 saturated heterocycles. The molecule has 0 radical (unpaired) electrons. The molecule has 0 aliphatic carbocycles. The highest BCUT2D eigenvalue weighted by atomic mass is 16.2. The van der Waals surface area contributed by atoms with Gasteiger partial charge in [-0.1, -0.05) is 17.7 Å². The molecule has 132 valence electrons. The summed E-state index contributed by atoms with van der Waals surface area (Å²) in [5.74, 6) is 2.70. The van der Waals surface area contributed by atoms with Crippen LogP contribution in [0.25, 0.3) is 0 Å². The molecule has 0 saturated carbocycles. The quantitative estimate of drug-likeness (QED) is 0.857. The molecule has 0 atom stereocenters. The highest BCUT2D eigenvalue weighted by molar-refractivity contribution is 5.94. The zero-order chi connectivity index (χ0) is 18.0. The summed E-state index contributed by atoms with van der Waals surface area (Å²) in [4.78, 5) is 27.8. The van der Waals surface area contributed by atoms with Gasteiger partial charge >= 0.3 is 0 Å². The number of anilines is 2. The highest BCUT2D eigenvalue weighted by Crippen LogP contribution is 2.20. The number of rotatable bonds is 3. The van der Waals surface area contributed by atoms with Crippen LogP contribution in [-0.4, -0.2) is 61.0 Å². The van der Waals surface area contributed by atoms with E-state index in [4.69, 9.17) is 0 Å². The Kier molecular flexibility index (Phi) is 4.88. The van der Waals surface area contributed by atoms with Crippen LogP contribution in [0, 0.1) is 13.8 Å². The molecule has 6 heteroatoms. The van der Waals surface area contributed by atoms with Gasteiger partial charge in [-0.3, -0.25) is 4.79 Å². The lowest BCUT2D eigenvalue weighted by molar-refractivity contribution is 0.0746. The first kappa shape index (κ1) is 17.2. The van der Waals surface area contributed by atoms with Crippen LogP contribution < -0.4 is 9.80 Å². The molecule has 1 aromatic carbocycles. The van der Waals surface area contributed by atoms with Crippen LogP contribution in [0.3, 0.4) is 0 Å². The third-order valence-corrected chi connectivity index (χ3v) is 4.46. The Bertz CT molecular complexity index is 749. The lowest BCUT2D eigenvalue weighted by atomic mass is 10.1. The van der Waals surface area contributed by atoms with Gasteiger partial charge < -0.3 is 14.7 Å². The zero-order valence-corrected chi connectivity index (χ0v) is 15.4. The summed E-state index contributed by atoms with van der Waals surface area (Å²) in [7, 11) is 3.95. The van der Waals surface area contributed by atoms with Crippen molar-refractivity contribution in [3.63, 3.8) is 0 Å². The molecule has 2 heterocycles. The second kappa shape index (κ2) is 7.09. The second-order valence-corrected chi connectivity index (χ2v) is 6.67. The predicted octanol–water partition coefficient (Wildman–Crippen LogP) is 2.12. The fraction of sp³-hybridized carbons (Fsp3) is 0.421. The van der Waals surface area contributed by atoms with E-state index in [1.807, 2.05) is 68.1 Å². The van der Waals surface area contributed by atoms with Gasteiger partial charge in [0.15, 0.2) is 0 Å². The van der Waals surface area contributed by atoms with Gasteiger partial charge in [-0.15, -0.1) is 0 Å². The van der Waals surface area contributed by atoms with Gasteiger partial charge in [0.1, 0.15) is 17.5 Å². The number of amides is 1. The van der Waals surface area contributed by atoms with Crippen molar-refractivity contribution in [2.45, 2.75) is 13.8 Å². The number of carbonyl (C=O) groups excluding carboxylic acids is 1. The van der Waals surface area contributed by atoms with Crippen molar-refractivity contribution in [1.82, 2.24) is 14.9 Å². The van der Waals surface area contributed by atoms with Crippen LogP contribution in [0.15, 0.2) is 30.3 Å². The summed E-state index contributed by atoms with van der Waals surface area (Å²) >= 11 is 0. The van der Waals surface area contributed by atoms with Crippen LogP contribution in [0.5, 0.6) is 0 Å². The lowest BCUT2D eigenvalue weighted by Gasteiger charge is -2.35. The normalized spacial score (nSPS) is 14.6. The number of benzene rings is 1. The minimum atomic E-state index is 0.104. The summed E-state index contributed by atoms with van der Waals surface area (Å²) in [5.41, 5.74) is 1.92. The van der Waals surface area contributed by atoms with Gasteiger partial charge in [-0.25, -0.2) is 9.97 Å². The van der Waals surface area contributed by atoms with Crippen LogP contribution in [-0.2, 0) is 0 Å². The molecule has 1 fully saturated rings. The first-order valence-electron chi connectivity index (χ1n) is 8.58. The van der Waals surface area contributed by atoms with Crippen LogP contribution in [0.1, 0.15) is 21.7 Å². The monoisotopic (exact) mass is 339 g/mol. The van der Waals surface area contributed by atoms with Crippen molar-refractivity contribution in [3.8, 4) is 0 Å². The van der Waals surface area contributed by atoms with Crippen molar-refractivity contribution in [2.24, 2.45) is 0 Å². The summed E-state index contributed by atoms with van der Waals surface area (Å²) in [6, 6.07) is 9.78. The van der Waals surface area contributed by atoms with E-state index < -0.39 is 0 Å². The Labute approximate surface area is 149 Å². The molecule has 1 aromatic heterocycles. The van der Waals surface area contributed by atoms with Gasteiger partial charge in [0, 0.05) is 51.9 Å². The fourth-order valence-electron chi connectivity index (χ4n) is 2.95. The summed E-state index contributed by atoms with van der Waals surface area (Å²) in [6.45, 7) is 6.90. The van der Waals surface area contributed by atoms with E-state index in [0.717, 1.165) is 41.7 Å². The zero-order valence-electron chi connectivity index (χ0n) is 15.4. The number of aryl methyl sites for hydroxylation is 2. The number of hydrogen-bond donors (Lipinski definition) is 0. The van der Waals surface area contributed by atoms with Crippen LogP contribution in [0.4, 0.5) is 11.6 Å². The minimum Gasteiger partial charge on any atom is -0.363 e. The summed E-state index contributed by atoms with van der Waals surface area (Å²) in [5, 5.41) is 0. The standard InChI is InChI=1S/C19H25N5O/c1-14-5-7-16(8-6-14)19(25)24-11-9-23(10-12-24)18-13-17(22(3)4)20-15(2)21-18/h5-8,13H,9-12H2,1-4H3. The second-order valence-electron chi connectivity index (χ2n) is 6.67. The van der Waals surface area contributed by atoms with Crippen molar-refractivity contribution >= 4 is 17.5 Å². The fourth-order valence-corrected chi connectivity index (χ4v) is 2.95. The molecule has 3 rings (SSSR count). The molecule has 0 bridgehead atoms. The van der Waals surface area contributed by atoms with E-state index in [1.54, 1.807) is 0 Å². The maximum atomic E-state index is 12.6. The Morgan fingerprint density at radius 3 is 2.24 bits per heavy atom. The van der Waals surface area contributed by atoms with Gasteiger partial charge in [-0.2, -0.15) is 0 Å². The van der Waals surface area contributed by atoms with Crippen molar-refractivity contribution in [1.29, 1.82) is 0 Å². The molecule has 6 nitrogen and oxygen atoms in total. The smallest absolute Gasteiger partial charge is 0.253 e. The number of nitrogens with zero attached hydrogens (tertiary/aromatic N) is 5. The third kappa shape index (κ3) is 3.90. The Morgan fingerprint density at radius 2 is 1.64 bits per heavy atom. The van der Waals surface area contributed by atoms with Crippen molar-refractivity contribution < 1.29 is 4.79 Å². The molecule has 1 amide bonds. The minimum absolute atomic E-state index is 0.104. The van der Waals surface area contributed by atoms with Gasteiger partial charge in [0.2, 0.25) is 0 Å². The highest BCUT2D eigenvalue weighted by Gasteiger charge is 2.23. The van der Waals surface area contributed by atoms with E-state index >= 15 is 0 Å². The Hall–Kier alpha value is -2.63. The average Bonchev–Trinajstić information content (AvgIpc) is 2.61. The number of piperazine rings is 1. The molecule has 1 aliphatic heterocycles. The summed E-state index contributed by atoms with van der Waals surface area (Å²) < 4.78 is 0. The van der Waals surface area contributed by atoms with Crippen LogP contribution in [0.2, 0.25) is 0 Å². The molecule has 25 heavy (non-hydrogen) atoms. The topological polar surface area (TPSA) is 52.6 Å². The third-order valence-electron chi connectivity index (χ3n) is 4.46. The van der Waals surface area contributed by atoms with Gasteiger partial charge in [-0.05, 0) is 26.0 Å². The average molecular weight is 339 g/mol. The van der Waals surface area contributed by atoms with E-state index in [0.29, 0.717) is 13.1 Å². The summed E-state index contributed by atoms with van der Waals surface area (Å²) in [6.07, 6.45) is 0. The van der Waals surface area contributed by atoms with Crippen molar-refractivity contribution in [2.75, 3.05) is 50.1 Å². The van der Waals surface area contributed by atoms with E-state index in [2.05, 4.69) is 14.9 Å². The van der Waals surface area contributed by atoms with Gasteiger partial charge in [0.25, 0.3) is 5.91 Å². The first-order valence-corrected chi connectivity index (χ1v) is 8.58. The molecule has 1 aliphatic rings. The molecule has 0 unspecified atom stereocenters. The predicted molar refractivity (Wildman–Crippen MR) is 100 cm³/mol. The van der Waals surface area contributed by atoms with E-state index in [1.165, 1.54) is 0 Å². The molecule has 0 spiro atoms. The number of hydrogen-bond acceptors (Lipinski definition) is 5. The number of carbonyl (C=O) groups is 1. The van der Waals surface area contributed by atoms with E-state index in [-0.39, 0.29) is 5.91 Å². The molecular formula is C19H25N5O. The van der Waals surface area contributed by atoms with Crippen LogP contribution >= 0.6 is 0 Å². The maximum absolute atomic E-state index is 12.6. The molecular weight excluding hydrogens is 314 g/mol.